The van der Waals surface area contributed by atoms with Gasteiger partial charge in [0.2, 0.25) is 10.0 Å². The van der Waals surface area contributed by atoms with Gasteiger partial charge in [0, 0.05) is 30.6 Å². The van der Waals surface area contributed by atoms with Crippen LogP contribution in [0.5, 0.6) is 0 Å². The van der Waals surface area contributed by atoms with Gasteiger partial charge in [0.05, 0.1) is 4.90 Å². The van der Waals surface area contributed by atoms with E-state index in [4.69, 9.17) is 4.52 Å². The Morgan fingerprint density at radius 3 is 2.54 bits per heavy atom. The van der Waals surface area contributed by atoms with E-state index in [1.54, 1.807) is 0 Å². The van der Waals surface area contributed by atoms with Crippen LogP contribution < -0.4 is 0 Å². The van der Waals surface area contributed by atoms with E-state index in [2.05, 4.69) is 10.1 Å². The van der Waals surface area contributed by atoms with Gasteiger partial charge in [-0.15, -0.1) is 0 Å². The van der Waals surface area contributed by atoms with E-state index in [-0.39, 0.29) is 13.0 Å². The van der Waals surface area contributed by atoms with Crippen LogP contribution >= 0.6 is 0 Å². The Labute approximate surface area is 160 Å². The molecule has 146 valence electrons. The van der Waals surface area contributed by atoms with Gasteiger partial charge in [0.15, 0.2) is 5.82 Å². The summed E-state index contributed by atoms with van der Waals surface area (Å²) in [5.74, 6) is -1.12. The largest absolute Gasteiger partial charge is 0.334 e. The van der Waals surface area contributed by atoms with Crippen LogP contribution in [0, 0.1) is 11.6 Å². The average Bonchev–Trinajstić information content (AvgIpc) is 3.32. The van der Waals surface area contributed by atoms with Crippen molar-refractivity contribution >= 4 is 10.0 Å². The highest BCUT2D eigenvalue weighted by atomic mass is 32.2. The molecule has 2 aromatic carbocycles. The van der Waals surface area contributed by atoms with Crippen LogP contribution in [-0.2, 0) is 16.4 Å². The summed E-state index contributed by atoms with van der Waals surface area (Å²) in [4.78, 5) is 3.95. The minimum Gasteiger partial charge on any atom is -0.334 e. The van der Waals surface area contributed by atoms with Crippen LogP contribution in [0.15, 0.2) is 57.9 Å². The summed E-state index contributed by atoms with van der Waals surface area (Å²) in [5, 5.41) is 3.95. The first-order valence-electron chi connectivity index (χ1n) is 8.79. The van der Waals surface area contributed by atoms with Crippen LogP contribution in [0.2, 0.25) is 0 Å². The molecule has 0 radical (unpaired) electrons. The summed E-state index contributed by atoms with van der Waals surface area (Å²) in [6.45, 7) is 0.272. The number of halogens is 2. The van der Waals surface area contributed by atoms with Gasteiger partial charge in [-0.3, -0.25) is 0 Å². The third-order valence-corrected chi connectivity index (χ3v) is 6.60. The van der Waals surface area contributed by atoms with Gasteiger partial charge >= 0.3 is 0 Å². The second-order valence-electron chi connectivity index (χ2n) is 6.60. The molecule has 2 heterocycles. The van der Waals surface area contributed by atoms with E-state index in [0.29, 0.717) is 30.6 Å². The number of aromatic nitrogens is 2. The standard InChI is InChI=1S/C19H17F2N3O3S/c20-14-9-15(21)11-17(10-14)28(25,26)24-8-4-7-16(24)12-18-22-19(27-23-18)13-5-2-1-3-6-13/h1-3,5-6,9-11,16H,4,7-8,12H2. The van der Waals surface area contributed by atoms with E-state index < -0.39 is 32.6 Å². The number of sulfonamides is 1. The number of rotatable bonds is 5. The molecular formula is C19H17F2N3O3S. The first kappa shape index (κ1) is 18.7. The SMILES string of the molecule is O=S(=O)(c1cc(F)cc(F)c1)N1CCCC1Cc1noc(-c2ccccc2)n1. The highest BCUT2D eigenvalue weighted by molar-refractivity contribution is 7.89. The Morgan fingerprint density at radius 2 is 1.82 bits per heavy atom. The molecule has 0 N–H and O–H groups in total. The first-order chi connectivity index (χ1) is 13.4. The van der Waals surface area contributed by atoms with E-state index in [1.165, 1.54) is 4.31 Å². The van der Waals surface area contributed by atoms with Crippen molar-refractivity contribution in [2.45, 2.75) is 30.2 Å². The highest BCUT2D eigenvalue weighted by Crippen LogP contribution is 2.29. The van der Waals surface area contributed by atoms with E-state index in [9.17, 15) is 17.2 Å². The molecule has 0 aliphatic carbocycles. The van der Waals surface area contributed by atoms with Crippen LogP contribution in [0.25, 0.3) is 11.5 Å². The molecule has 9 heteroatoms. The Balaban J connectivity index is 1.56. The molecule has 1 aromatic heterocycles. The molecular weight excluding hydrogens is 388 g/mol. The molecule has 1 unspecified atom stereocenters. The van der Waals surface area contributed by atoms with Crippen LogP contribution in [0.3, 0.4) is 0 Å². The van der Waals surface area contributed by atoms with Gasteiger partial charge in [-0.1, -0.05) is 23.4 Å². The van der Waals surface area contributed by atoms with Crippen molar-refractivity contribution in [3.63, 3.8) is 0 Å². The minimum absolute atomic E-state index is 0.257. The van der Waals surface area contributed by atoms with E-state index in [1.807, 2.05) is 30.3 Å². The molecule has 1 atom stereocenters. The van der Waals surface area contributed by atoms with Gasteiger partial charge in [0.1, 0.15) is 11.6 Å². The van der Waals surface area contributed by atoms with Gasteiger partial charge in [-0.05, 0) is 37.1 Å². The summed E-state index contributed by atoms with van der Waals surface area (Å²) < 4.78 is 59.3. The van der Waals surface area contributed by atoms with Crippen molar-refractivity contribution in [2.75, 3.05) is 6.54 Å². The van der Waals surface area contributed by atoms with Crippen molar-refractivity contribution in [3.8, 4) is 11.5 Å². The van der Waals surface area contributed by atoms with Crippen molar-refractivity contribution in [2.24, 2.45) is 0 Å². The Morgan fingerprint density at radius 1 is 1.11 bits per heavy atom. The topological polar surface area (TPSA) is 76.3 Å². The second kappa shape index (κ2) is 7.40. The molecule has 0 amide bonds. The zero-order chi connectivity index (χ0) is 19.7. The summed E-state index contributed by atoms with van der Waals surface area (Å²) >= 11 is 0. The zero-order valence-corrected chi connectivity index (χ0v) is 15.6. The monoisotopic (exact) mass is 405 g/mol. The molecule has 3 aromatic rings. The van der Waals surface area contributed by atoms with E-state index in [0.717, 1.165) is 17.7 Å². The maximum Gasteiger partial charge on any atom is 0.257 e. The molecule has 4 rings (SSSR count). The summed E-state index contributed by atoms with van der Waals surface area (Å²) in [6.07, 6.45) is 1.50. The highest BCUT2D eigenvalue weighted by Gasteiger charge is 2.36. The predicted molar refractivity (Wildman–Crippen MR) is 96.7 cm³/mol. The lowest BCUT2D eigenvalue weighted by molar-refractivity contribution is 0.369. The van der Waals surface area contributed by atoms with Crippen molar-refractivity contribution in [1.29, 1.82) is 0 Å². The molecule has 1 fully saturated rings. The Hall–Kier alpha value is -2.65. The molecule has 1 saturated heterocycles. The summed E-state index contributed by atoms with van der Waals surface area (Å²) in [7, 11) is -4.03. The lowest BCUT2D eigenvalue weighted by Gasteiger charge is -2.23. The number of hydrogen-bond donors (Lipinski definition) is 0. The van der Waals surface area contributed by atoms with Crippen LogP contribution in [0.4, 0.5) is 8.78 Å². The van der Waals surface area contributed by atoms with Gasteiger partial charge in [-0.2, -0.15) is 9.29 Å². The van der Waals surface area contributed by atoms with Crippen molar-refractivity contribution in [1.82, 2.24) is 14.4 Å². The quantitative estimate of drug-likeness (QED) is 0.650. The lowest BCUT2D eigenvalue weighted by Crippen LogP contribution is -2.37. The number of hydrogen-bond acceptors (Lipinski definition) is 5. The Bertz CT molecular complexity index is 1070. The summed E-state index contributed by atoms with van der Waals surface area (Å²) in [5.41, 5.74) is 0.771. The van der Waals surface area contributed by atoms with Gasteiger partial charge in [-0.25, -0.2) is 17.2 Å². The molecule has 1 aliphatic heterocycles. The molecule has 0 bridgehead atoms. The smallest absolute Gasteiger partial charge is 0.257 e. The maximum absolute atomic E-state index is 13.5. The third kappa shape index (κ3) is 3.67. The number of nitrogens with zero attached hydrogens (tertiary/aromatic N) is 3. The number of benzene rings is 2. The molecule has 6 nitrogen and oxygen atoms in total. The first-order valence-corrected chi connectivity index (χ1v) is 10.2. The average molecular weight is 405 g/mol. The zero-order valence-electron chi connectivity index (χ0n) is 14.8. The van der Waals surface area contributed by atoms with Gasteiger partial charge in [0.25, 0.3) is 5.89 Å². The minimum atomic E-state index is -4.03. The van der Waals surface area contributed by atoms with E-state index >= 15 is 0 Å². The summed E-state index contributed by atoms with van der Waals surface area (Å²) in [6, 6.07) is 11.1. The van der Waals surface area contributed by atoms with Crippen LogP contribution in [-0.4, -0.2) is 35.5 Å². The van der Waals surface area contributed by atoms with Crippen LogP contribution in [0.1, 0.15) is 18.7 Å². The van der Waals surface area contributed by atoms with Crippen molar-refractivity contribution < 1.29 is 21.7 Å². The predicted octanol–water partition coefficient (Wildman–Crippen LogP) is 3.41. The lowest BCUT2D eigenvalue weighted by atomic mass is 10.1. The fourth-order valence-corrected chi connectivity index (χ4v) is 5.12. The Kier molecular flexibility index (Phi) is 4.94. The molecule has 0 saturated carbocycles. The normalized spacial score (nSPS) is 17.9. The third-order valence-electron chi connectivity index (χ3n) is 4.67. The fourth-order valence-electron chi connectivity index (χ4n) is 3.39. The molecule has 28 heavy (non-hydrogen) atoms. The fraction of sp³-hybridized carbons (Fsp3) is 0.263. The molecule has 1 aliphatic rings. The van der Waals surface area contributed by atoms with Crippen molar-refractivity contribution in [3.05, 3.63) is 66.0 Å². The molecule has 0 spiro atoms. The van der Waals surface area contributed by atoms with Gasteiger partial charge < -0.3 is 4.52 Å². The second-order valence-corrected chi connectivity index (χ2v) is 8.49. The maximum atomic E-state index is 13.5.